The first-order valence-electron chi connectivity index (χ1n) is 8.41. The highest BCUT2D eigenvalue weighted by atomic mass is 35.5. The Morgan fingerprint density at radius 1 is 0.929 bits per heavy atom. The average molecular weight is 408 g/mol. The van der Waals surface area contributed by atoms with E-state index < -0.39 is 0 Å². The summed E-state index contributed by atoms with van der Waals surface area (Å²) in [5, 5.41) is 8.71. The number of rotatable bonds is 4. The van der Waals surface area contributed by atoms with Crippen LogP contribution in [0, 0.1) is 0 Å². The van der Waals surface area contributed by atoms with Crippen molar-refractivity contribution < 1.29 is 9.59 Å². The molecule has 7 heteroatoms. The standard InChI is InChI=1S/C21H14ClN3O2S/c22-16-7-5-14(12-18(16)25-21(27)19-4-2-10-28-19)20(26)24-15-6-8-17-13(11-15)3-1-9-23-17/h1-12H,(H,24,26)(H,25,27). The molecule has 0 atom stereocenters. The zero-order valence-corrected chi connectivity index (χ0v) is 16.1. The van der Waals surface area contributed by atoms with Gasteiger partial charge in [0.2, 0.25) is 0 Å². The molecule has 0 aliphatic heterocycles. The molecule has 0 saturated heterocycles. The molecule has 4 rings (SSSR count). The van der Waals surface area contributed by atoms with Crippen molar-refractivity contribution in [1.82, 2.24) is 4.98 Å². The number of pyridine rings is 1. The van der Waals surface area contributed by atoms with Crippen molar-refractivity contribution in [1.29, 1.82) is 0 Å². The van der Waals surface area contributed by atoms with Gasteiger partial charge in [-0.15, -0.1) is 11.3 Å². The van der Waals surface area contributed by atoms with E-state index in [9.17, 15) is 9.59 Å². The molecule has 4 aromatic rings. The van der Waals surface area contributed by atoms with Crippen LogP contribution in [-0.4, -0.2) is 16.8 Å². The van der Waals surface area contributed by atoms with Crippen LogP contribution in [0.25, 0.3) is 10.9 Å². The van der Waals surface area contributed by atoms with E-state index in [0.29, 0.717) is 26.8 Å². The Bertz CT molecular complexity index is 1180. The fourth-order valence-electron chi connectivity index (χ4n) is 2.71. The van der Waals surface area contributed by atoms with Crippen LogP contribution in [0.5, 0.6) is 0 Å². The van der Waals surface area contributed by atoms with E-state index in [2.05, 4.69) is 15.6 Å². The number of nitrogens with one attached hydrogen (secondary N) is 2. The summed E-state index contributed by atoms with van der Waals surface area (Å²) in [4.78, 5) is 29.7. The molecule has 2 N–H and O–H groups in total. The van der Waals surface area contributed by atoms with Gasteiger partial charge in [0.15, 0.2) is 0 Å². The predicted octanol–water partition coefficient (Wildman–Crippen LogP) is 5.45. The molecule has 2 aromatic carbocycles. The average Bonchev–Trinajstić information content (AvgIpc) is 3.24. The minimum atomic E-state index is -0.300. The van der Waals surface area contributed by atoms with Gasteiger partial charge >= 0.3 is 0 Å². The molecule has 0 unspecified atom stereocenters. The summed E-state index contributed by atoms with van der Waals surface area (Å²) in [5.74, 6) is -0.567. The molecule has 0 saturated carbocycles. The Morgan fingerprint density at radius 2 is 1.82 bits per heavy atom. The second-order valence-electron chi connectivity index (χ2n) is 5.99. The lowest BCUT2D eigenvalue weighted by Gasteiger charge is -2.10. The number of halogens is 1. The fraction of sp³-hybridized carbons (Fsp3) is 0. The summed E-state index contributed by atoms with van der Waals surface area (Å²) < 4.78 is 0. The third-order valence-corrected chi connectivity index (χ3v) is 5.28. The molecule has 0 bridgehead atoms. The molecule has 0 aliphatic carbocycles. The molecule has 28 heavy (non-hydrogen) atoms. The van der Waals surface area contributed by atoms with Crippen molar-refractivity contribution in [3.8, 4) is 0 Å². The number of carbonyl (C=O) groups is 2. The summed E-state index contributed by atoms with van der Waals surface area (Å²) in [6.07, 6.45) is 1.72. The van der Waals surface area contributed by atoms with Gasteiger partial charge in [-0.25, -0.2) is 0 Å². The second kappa shape index (κ2) is 7.80. The number of benzene rings is 2. The molecule has 0 aliphatic rings. The third-order valence-electron chi connectivity index (χ3n) is 4.08. The van der Waals surface area contributed by atoms with Gasteiger partial charge in [-0.3, -0.25) is 14.6 Å². The molecule has 0 fully saturated rings. The summed E-state index contributed by atoms with van der Waals surface area (Å²) in [7, 11) is 0. The number of fused-ring (bicyclic) bond motifs is 1. The zero-order valence-electron chi connectivity index (χ0n) is 14.5. The molecule has 0 radical (unpaired) electrons. The zero-order chi connectivity index (χ0) is 19.5. The van der Waals surface area contributed by atoms with Crippen molar-refractivity contribution in [3.63, 3.8) is 0 Å². The summed E-state index contributed by atoms with van der Waals surface area (Å²) in [5.41, 5.74) is 2.28. The van der Waals surface area contributed by atoms with Crippen molar-refractivity contribution in [2.24, 2.45) is 0 Å². The number of hydrogen-bond acceptors (Lipinski definition) is 4. The van der Waals surface area contributed by atoms with Crippen LogP contribution in [0.2, 0.25) is 5.02 Å². The molecular formula is C21H14ClN3O2S. The third kappa shape index (κ3) is 3.88. The lowest BCUT2D eigenvalue weighted by Crippen LogP contribution is -2.14. The van der Waals surface area contributed by atoms with Gasteiger partial charge in [0.05, 0.1) is 21.1 Å². The van der Waals surface area contributed by atoms with Crippen LogP contribution in [0.3, 0.4) is 0 Å². The molecule has 2 heterocycles. The van der Waals surface area contributed by atoms with Crippen molar-refractivity contribution >= 4 is 57.0 Å². The second-order valence-corrected chi connectivity index (χ2v) is 7.35. The fourth-order valence-corrected chi connectivity index (χ4v) is 3.49. The number of anilines is 2. The number of thiophene rings is 1. The number of nitrogens with zero attached hydrogens (tertiary/aromatic N) is 1. The van der Waals surface area contributed by atoms with E-state index in [1.54, 1.807) is 42.6 Å². The molecule has 138 valence electrons. The highest BCUT2D eigenvalue weighted by Gasteiger charge is 2.13. The molecule has 5 nitrogen and oxygen atoms in total. The smallest absolute Gasteiger partial charge is 0.265 e. The Hall–Kier alpha value is -3.22. The predicted molar refractivity (Wildman–Crippen MR) is 113 cm³/mol. The van der Waals surface area contributed by atoms with Crippen molar-refractivity contribution in [2.45, 2.75) is 0 Å². The minimum absolute atomic E-state index is 0.267. The van der Waals surface area contributed by atoms with Crippen molar-refractivity contribution in [3.05, 3.63) is 87.7 Å². The Morgan fingerprint density at radius 3 is 2.64 bits per heavy atom. The summed E-state index contributed by atoms with van der Waals surface area (Å²) >= 11 is 7.51. The van der Waals surface area contributed by atoms with Gasteiger partial charge in [0, 0.05) is 22.8 Å². The largest absolute Gasteiger partial charge is 0.322 e. The Kier molecular flexibility index (Phi) is 5.06. The number of amides is 2. The van der Waals surface area contributed by atoms with E-state index in [1.807, 2.05) is 29.6 Å². The lowest BCUT2D eigenvalue weighted by atomic mass is 10.1. The van der Waals surface area contributed by atoms with Gasteiger partial charge < -0.3 is 10.6 Å². The Balaban J connectivity index is 1.54. The van der Waals surface area contributed by atoms with Gasteiger partial charge in [0.25, 0.3) is 11.8 Å². The van der Waals surface area contributed by atoms with Gasteiger partial charge in [-0.05, 0) is 53.9 Å². The number of carbonyl (C=O) groups excluding carboxylic acids is 2. The molecule has 2 amide bonds. The summed E-state index contributed by atoms with van der Waals surface area (Å²) in [6, 6.07) is 17.5. The normalized spacial score (nSPS) is 10.6. The minimum Gasteiger partial charge on any atom is -0.322 e. The van der Waals surface area contributed by atoms with E-state index in [-0.39, 0.29) is 11.8 Å². The maximum absolute atomic E-state index is 12.6. The van der Waals surface area contributed by atoms with Crippen molar-refractivity contribution in [2.75, 3.05) is 10.6 Å². The highest BCUT2D eigenvalue weighted by molar-refractivity contribution is 7.12. The molecule has 0 spiro atoms. The SMILES string of the molecule is O=C(Nc1ccc2ncccc2c1)c1ccc(Cl)c(NC(=O)c2cccs2)c1. The Labute approximate surface area is 170 Å². The number of hydrogen-bond donors (Lipinski definition) is 2. The summed E-state index contributed by atoms with van der Waals surface area (Å²) in [6.45, 7) is 0. The van der Waals surface area contributed by atoms with Gasteiger partial charge in [-0.2, -0.15) is 0 Å². The number of aromatic nitrogens is 1. The van der Waals surface area contributed by atoms with E-state index in [0.717, 1.165) is 10.9 Å². The van der Waals surface area contributed by atoms with Gasteiger partial charge in [0.1, 0.15) is 0 Å². The molecule has 2 aromatic heterocycles. The molecular weight excluding hydrogens is 394 g/mol. The van der Waals surface area contributed by atoms with Crippen LogP contribution in [0.4, 0.5) is 11.4 Å². The first-order chi connectivity index (χ1) is 13.6. The van der Waals surface area contributed by atoms with E-state index in [4.69, 9.17) is 11.6 Å². The van der Waals surface area contributed by atoms with Crippen LogP contribution in [-0.2, 0) is 0 Å². The highest BCUT2D eigenvalue weighted by Crippen LogP contribution is 2.25. The topological polar surface area (TPSA) is 71.1 Å². The first kappa shape index (κ1) is 18.2. The maximum Gasteiger partial charge on any atom is 0.265 e. The van der Waals surface area contributed by atoms with E-state index >= 15 is 0 Å². The monoisotopic (exact) mass is 407 g/mol. The van der Waals surface area contributed by atoms with Crippen LogP contribution in [0.1, 0.15) is 20.0 Å². The van der Waals surface area contributed by atoms with Crippen LogP contribution < -0.4 is 10.6 Å². The van der Waals surface area contributed by atoms with Crippen LogP contribution >= 0.6 is 22.9 Å². The van der Waals surface area contributed by atoms with Crippen LogP contribution in [0.15, 0.2) is 72.2 Å². The van der Waals surface area contributed by atoms with E-state index in [1.165, 1.54) is 11.3 Å². The lowest BCUT2D eigenvalue weighted by molar-refractivity contribution is 0.101. The van der Waals surface area contributed by atoms with Gasteiger partial charge in [-0.1, -0.05) is 23.7 Å². The first-order valence-corrected chi connectivity index (χ1v) is 9.66. The maximum atomic E-state index is 12.6. The quantitative estimate of drug-likeness (QED) is 0.472.